The molecule has 0 spiro atoms. The first-order chi connectivity index (χ1) is 10.8. The largest absolute Gasteiger partial charge is 0.516 e. The summed E-state index contributed by atoms with van der Waals surface area (Å²) in [5.41, 5.74) is -7.77. The normalized spacial score (nSPS) is 13.1. The summed E-state index contributed by atoms with van der Waals surface area (Å²) in [6, 6.07) is 1.52. The van der Waals surface area contributed by atoms with Gasteiger partial charge in [0, 0.05) is 11.9 Å². The zero-order chi connectivity index (χ0) is 18.3. The summed E-state index contributed by atoms with van der Waals surface area (Å²) in [5, 5.41) is 3.17. The maximum Gasteiger partial charge on any atom is 0.516 e. The van der Waals surface area contributed by atoms with E-state index in [0.717, 1.165) is 18.5 Å². The molecule has 0 amide bonds. The third-order valence-electron chi connectivity index (χ3n) is 2.70. The molecule has 0 aliphatic carbocycles. The van der Waals surface area contributed by atoms with Gasteiger partial charge in [-0.15, -0.1) is 0 Å². The average Bonchev–Trinajstić information content (AvgIpc) is 2.86. The number of alkyl halides is 6. The fourth-order valence-electron chi connectivity index (χ4n) is 1.63. The molecule has 2 rings (SSSR count). The van der Waals surface area contributed by atoms with Crippen LogP contribution in [0, 0.1) is 6.92 Å². The van der Waals surface area contributed by atoms with Crippen molar-refractivity contribution in [3.8, 4) is 5.69 Å². The third kappa shape index (κ3) is 3.60. The number of halogens is 6. The Morgan fingerprint density at radius 2 is 1.79 bits per heavy atom. The molecule has 2 aromatic heterocycles. The lowest BCUT2D eigenvalue weighted by molar-refractivity contribution is -0.141. The molecule has 132 valence electrons. The molecule has 0 aliphatic rings. The van der Waals surface area contributed by atoms with Crippen LogP contribution in [-0.4, -0.2) is 28.7 Å². The average molecular weight is 374 g/mol. The summed E-state index contributed by atoms with van der Waals surface area (Å²) in [6.07, 6.45) is -3.05. The number of anilines is 1. The van der Waals surface area contributed by atoms with Gasteiger partial charge in [0.25, 0.3) is 0 Å². The number of nitrogens with zero attached hydrogens (tertiary/aromatic N) is 3. The number of aromatic nitrogens is 3. The summed E-state index contributed by atoms with van der Waals surface area (Å²) >= 11 is 0. The number of rotatable bonds is 3. The molecule has 0 atom stereocenters. The van der Waals surface area contributed by atoms with Crippen molar-refractivity contribution in [3.05, 3.63) is 35.9 Å². The Morgan fingerprint density at radius 1 is 1.17 bits per heavy atom. The fraction of sp³-hybridized carbons (Fsp3) is 0.273. The number of hydrogen-bond donors (Lipinski definition) is 1. The van der Waals surface area contributed by atoms with Crippen LogP contribution in [0.1, 0.15) is 11.4 Å². The molecule has 0 bridgehead atoms. The fourth-order valence-corrected chi connectivity index (χ4v) is 2.20. The number of pyridine rings is 1. The lowest BCUT2D eigenvalue weighted by Gasteiger charge is -2.14. The van der Waals surface area contributed by atoms with E-state index in [4.69, 9.17) is 0 Å². The van der Waals surface area contributed by atoms with Crippen LogP contribution in [0.15, 0.2) is 24.5 Å². The lowest BCUT2D eigenvalue weighted by Crippen LogP contribution is -2.30. The van der Waals surface area contributed by atoms with Crippen LogP contribution < -0.4 is 4.72 Å². The van der Waals surface area contributed by atoms with Gasteiger partial charge in [-0.2, -0.15) is 39.9 Å². The van der Waals surface area contributed by atoms with Crippen molar-refractivity contribution in [1.29, 1.82) is 0 Å². The molecule has 0 radical (unpaired) electrons. The lowest BCUT2D eigenvalue weighted by atomic mass is 10.3. The predicted octanol–water partition coefficient (Wildman–Crippen LogP) is 2.86. The Kier molecular flexibility index (Phi) is 4.24. The first-order valence-corrected chi connectivity index (χ1v) is 7.48. The van der Waals surface area contributed by atoms with E-state index in [1.807, 2.05) is 0 Å². The maximum absolute atomic E-state index is 12.6. The second-order valence-corrected chi connectivity index (χ2v) is 6.21. The van der Waals surface area contributed by atoms with Crippen molar-refractivity contribution in [2.75, 3.05) is 4.72 Å². The van der Waals surface area contributed by atoms with E-state index >= 15 is 0 Å². The molecule has 0 aromatic carbocycles. The van der Waals surface area contributed by atoms with Crippen molar-refractivity contribution < 1.29 is 34.8 Å². The van der Waals surface area contributed by atoms with Crippen LogP contribution in [0.3, 0.4) is 0 Å². The molecule has 24 heavy (non-hydrogen) atoms. The van der Waals surface area contributed by atoms with Crippen molar-refractivity contribution >= 4 is 15.7 Å². The minimum atomic E-state index is -5.76. The zero-order valence-corrected chi connectivity index (χ0v) is 12.5. The summed E-state index contributed by atoms with van der Waals surface area (Å²) < 4.78 is 99.4. The molecule has 2 aromatic rings. The highest BCUT2D eigenvalue weighted by Crippen LogP contribution is 2.31. The van der Waals surface area contributed by atoms with Gasteiger partial charge in [0.2, 0.25) is 0 Å². The maximum atomic E-state index is 12.6. The highest BCUT2D eigenvalue weighted by atomic mass is 32.2. The monoisotopic (exact) mass is 374 g/mol. The van der Waals surface area contributed by atoms with Gasteiger partial charge in [-0.3, -0.25) is 9.71 Å². The van der Waals surface area contributed by atoms with Crippen LogP contribution in [-0.2, 0) is 16.2 Å². The summed E-state index contributed by atoms with van der Waals surface area (Å²) in [4.78, 5) is 3.72. The second-order valence-electron chi connectivity index (χ2n) is 4.54. The van der Waals surface area contributed by atoms with E-state index in [1.54, 1.807) is 0 Å². The van der Waals surface area contributed by atoms with Gasteiger partial charge in [0.15, 0.2) is 5.69 Å². The number of hydrogen-bond acceptors (Lipinski definition) is 4. The second kappa shape index (κ2) is 5.65. The van der Waals surface area contributed by atoms with E-state index in [0.29, 0.717) is 10.7 Å². The minimum absolute atomic E-state index is 0.141. The predicted molar refractivity (Wildman–Crippen MR) is 69.7 cm³/mol. The van der Waals surface area contributed by atoms with Crippen LogP contribution >= 0.6 is 0 Å². The Hall–Kier alpha value is -2.31. The standard InChI is InChI=1S/C11H8F6N4O2S/c1-6-4-7(20-24(22,23)11(15,16)17)8(5-18-6)21-3-2-9(19-21)10(12,13)14/h2-5H,1H3,(H,18,20). The molecule has 2 heterocycles. The molecule has 6 nitrogen and oxygen atoms in total. The molecular formula is C11H8F6N4O2S. The van der Waals surface area contributed by atoms with Gasteiger partial charge in [-0.05, 0) is 19.1 Å². The van der Waals surface area contributed by atoms with E-state index in [2.05, 4.69) is 10.1 Å². The molecule has 0 aliphatic heterocycles. The van der Waals surface area contributed by atoms with E-state index in [9.17, 15) is 34.8 Å². The summed E-state index contributed by atoms with van der Waals surface area (Å²) in [5.74, 6) is 0. The van der Waals surface area contributed by atoms with E-state index in [-0.39, 0.29) is 5.69 Å². The van der Waals surface area contributed by atoms with Gasteiger partial charge in [-0.1, -0.05) is 0 Å². The van der Waals surface area contributed by atoms with Gasteiger partial charge in [0.05, 0.1) is 11.9 Å². The van der Waals surface area contributed by atoms with Crippen LogP contribution in [0.2, 0.25) is 0 Å². The number of sulfonamides is 1. The van der Waals surface area contributed by atoms with Gasteiger partial charge in [-0.25, -0.2) is 4.68 Å². The molecule has 0 fully saturated rings. The first-order valence-electron chi connectivity index (χ1n) is 6.00. The van der Waals surface area contributed by atoms with Crippen LogP contribution in [0.4, 0.5) is 32.0 Å². The topological polar surface area (TPSA) is 76.9 Å². The Labute approximate surface area is 131 Å². The number of nitrogens with one attached hydrogen (secondary N) is 1. The Balaban J connectivity index is 2.52. The smallest absolute Gasteiger partial charge is 0.274 e. The molecule has 0 saturated carbocycles. The van der Waals surface area contributed by atoms with Gasteiger partial charge < -0.3 is 0 Å². The van der Waals surface area contributed by atoms with Crippen LogP contribution in [0.5, 0.6) is 0 Å². The van der Waals surface area contributed by atoms with Crippen molar-refractivity contribution in [2.45, 2.75) is 18.6 Å². The van der Waals surface area contributed by atoms with Crippen molar-refractivity contribution in [1.82, 2.24) is 14.8 Å². The zero-order valence-electron chi connectivity index (χ0n) is 11.6. The molecular weight excluding hydrogens is 366 g/mol. The molecule has 0 unspecified atom stereocenters. The Bertz CT molecular complexity index is 856. The SMILES string of the molecule is Cc1cc(NS(=O)(=O)C(F)(F)F)c(-n2ccc(C(F)(F)F)n2)cn1. The van der Waals surface area contributed by atoms with Crippen molar-refractivity contribution in [2.24, 2.45) is 0 Å². The minimum Gasteiger partial charge on any atom is -0.274 e. The Morgan fingerprint density at radius 3 is 2.29 bits per heavy atom. The summed E-state index contributed by atoms with van der Waals surface area (Å²) in [6.45, 7) is 1.36. The quantitative estimate of drug-likeness (QED) is 0.839. The highest BCUT2D eigenvalue weighted by Gasteiger charge is 2.46. The molecule has 13 heteroatoms. The third-order valence-corrected chi connectivity index (χ3v) is 3.79. The van der Waals surface area contributed by atoms with Gasteiger partial charge in [0.1, 0.15) is 5.69 Å². The van der Waals surface area contributed by atoms with Crippen molar-refractivity contribution in [3.63, 3.8) is 0 Å². The highest BCUT2D eigenvalue weighted by molar-refractivity contribution is 7.93. The van der Waals surface area contributed by atoms with E-state index < -0.39 is 38.8 Å². The molecule has 0 saturated heterocycles. The summed E-state index contributed by atoms with van der Waals surface area (Å²) in [7, 11) is -5.76. The van der Waals surface area contributed by atoms with Gasteiger partial charge >= 0.3 is 21.7 Å². The number of aryl methyl sites for hydroxylation is 1. The first kappa shape index (κ1) is 18.0. The molecule has 1 N–H and O–H groups in total. The van der Waals surface area contributed by atoms with Crippen LogP contribution in [0.25, 0.3) is 5.69 Å². The van der Waals surface area contributed by atoms with E-state index in [1.165, 1.54) is 11.6 Å².